The number of rotatable bonds is 4. The quantitative estimate of drug-likeness (QED) is 0.0937. The van der Waals surface area contributed by atoms with E-state index in [1.54, 1.807) is 11.1 Å². The fourth-order valence-corrected chi connectivity index (χ4v) is 16.8. The van der Waals surface area contributed by atoms with Crippen LogP contribution in [0.25, 0.3) is 54.6 Å². The van der Waals surface area contributed by atoms with E-state index in [1.165, 1.54) is 230 Å². The Morgan fingerprint density at radius 3 is 1.06 bits per heavy atom. The van der Waals surface area contributed by atoms with Crippen molar-refractivity contribution in [3.05, 3.63) is 72.8 Å². The Kier molecular flexibility index (Phi) is 13.5. The van der Waals surface area contributed by atoms with E-state index in [2.05, 4.69) is 234 Å². The molecule has 3 aliphatic carbocycles. The summed E-state index contributed by atoms with van der Waals surface area (Å²) in [5.41, 5.74) is 55.3. The predicted octanol–water partition coefficient (Wildman–Crippen LogP) is -33.9. The van der Waals surface area contributed by atoms with Gasteiger partial charge in [0.2, 0.25) is 0 Å². The van der Waals surface area contributed by atoms with E-state index >= 15 is 0 Å². The summed E-state index contributed by atoms with van der Waals surface area (Å²) in [5.74, 6) is 0.0859. The first-order valence-corrected chi connectivity index (χ1v) is 29.0. The van der Waals surface area contributed by atoms with Crippen molar-refractivity contribution in [1.82, 2.24) is 0 Å². The molecule has 2 unspecified atom stereocenters. The topological polar surface area (TPSA) is 0 Å². The molecule has 0 N–H and O–H groups in total. The Balaban J connectivity index is 1.40. The van der Waals surface area contributed by atoms with Gasteiger partial charge in [-0.3, -0.25) is 0 Å². The largest absolute Gasteiger partial charge is 0.140 e. The van der Waals surface area contributed by atoms with Gasteiger partial charge in [-0.05, 0) is 88.0 Å². The average Bonchev–Trinajstić information content (AvgIpc) is 2.57. The molecule has 3 aliphatic rings. The summed E-state index contributed by atoms with van der Waals surface area (Å²) in [6.45, 7) is 4.53. The molecular formula is C48H61B29. The van der Waals surface area contributed by atoms with Crippen molar-refractivity contribution in [3.8, 4) is 11.1 Å². The lowest BCUT2D eigenvalue weighted by Gasteiger charge is -2.39. The Bertz CT molecular complexity index is 4230. The average molecular weight is 952 g/mol. The second-order valence-corrected chi connectivity index (χ2v) is 25.6. The summed E-state index contributed by atoms with van der Waals surface area (Å²) in [6, 6.07) is 0. The number of allylic oxidation sites excluding steroid dienone is 9. The smallest absolute Gasteiger partial charge is 0.106 e. The van der Waals surface area contributed by atoms with Gasteiger partial charge < -0.3 is 0 Å². The van der Waals surface area contributed by atoms with Crippen LogP contribution in [0.3, 0.4) is 0 Å². The number of benzene rings is 7. The Morgan fingerprint density at radius 1 is 0.325 bits per heavy atom. The molecule has 77 heavy (non-hydrogen) atoms. The molecule has 0 aromatic heterocycles. The molecule has 0 saturated heterocycles. The van der Waals surface area contributed by atoms with Crippen molar-refractivity contribution in [1.29, 1.82) is 0 Å². The van der Waals surface area contributed by atoms with Gasteiger partial charge in [-0.1, -0.05) is 92.9 Å². The molecule has 10 rings (SSSR count). The molecule has 0 saturated carbocycles. The van der Waals surface area contributed by atoms with Crippen LogP contribution in [-0.4, -0.2) is 228 Å². The Hall–Kier alpha value is -4.10. The number of hydrogen-bond acceptors (Lipinski definition) is 0. The molecular weight excluding hydrogens is 890 g/mol. The maximum Gasteiger partial charge on any atom is 0.140 e. The van der Waals surface area contributed by atoms with Crippen molar-refractivity contribution in [2.24, 2.45) is 0 Å². The Morgan fingerprint density at radius 2 is 0.636 bits per heavy atom. The summed E-state index contributed by atoms with van der Waals surface area (Å²) in [5, 5.41) is 8.70. The van der Waals surface area contributed by atoms with Gasteiger partial charge in [0.05, 0.1) is 5.41 Å². The van der Waals surface area contributed by atoms with Crippen LogP contribution in [0, 0.1) is 0 Å². The van der Waals surface area contributed by atoms with E-state index in [0.717, 1.165) is 5.47 Å². The van der Waals surface area contributed by atoms with Crippen LogP contribution in [-0.2, 0) is 5.41 Å². The first-order valence-electron chi connectivity index (χ1n) is 29.0. The van der Waals surface area contributed by atoms with E-state index in [4.69, 9.17) is 0 Å². The molecule has 1 spiro atoms. The minimum Gasteiger partial charge on any atom is -0.106 e. The maximum absolute atomic E-state index is 4.53. The second-order valence-electron chi connectivity index (χ2n) is 25.6. The van der Waals surface area contributed by atoms with Gasteiger partial charge in [-0.25, -0.2) is 0 Å². The summed E-state index contributed by atoms with van der Waals surface area (Å²) in [4.78, 5) is 0. The third-order valence-corrected chi connectivity index (χ3v) is 23.2. The zero-order chi connectivity index (χ0) is 57.1. The normalized spacial score (nSPS) is 17.1. The molecule has 7 aromatic rings. The number of fused-ring (bicyclic) bond motifs is 12. The first kappa shape index (κ1) is 56.2. The van der Waals surface area contributed by atoms with E-state index in [-0.39, 0.29) is 5.92 Å². The van der Waals surface area contributed by atoms with Crippen molar-refractivity contribution >= 4 is 397 Å². The maximum atomic E-state index is 4.53. The van der Waals surface area contributed by atoms with Crippen LogP contribution in [0.5, 0.6) is 0 Å². The highest BCUT2D eigenvalue weighted by Crippen LogP contribution is 2.65. The van der Waals surface area contributed by atoms with Crippen molar-refractivity contribution < 1.29 is 0 Å². The van der Waals surface area contributed by atoms with Crippen molar-refractivity contribution in [3.63, 3.8) is 0 Å². The minimum absolute atomic E-state index is 0.0859. The minimum atomic E-state index is -0.455. The fourth-order valence-electron chi connectivity index (χ4n) is 16.8. The van der Waals surface area contributed by atoms with E-state index < -0.39 is 5.41 Å². The third-order valence-electron chi connectivity index (χ3n) is 23.2. The molecule has 29 heteroatoms. The van der Waals surface area contributed by atoms with Crippen LogP contribution in [0.2, 0.25) is 0 Å². The molecule has 0 bridgehead atoms. The van der Waals surface area contributed by atoms with E-state index in [9.17, 15) is 0 Å². The predicted molar refractivity (Wildman–Crippen MR) is 437 cm³/mol. The van der Waals surface area contributed by atoms with Gasteiger partial charge in [0.25, 0.3) is 0 Å². The molecule has 0 radical (unpaired) electrons. The van der Waals surface area contributed by atoms with E-state index in [1.807, 2.05) is 0 Å². The third kappa shape index (κ3) is 6.76. The van der Waals surface area contributed by atoms with Crippen LogP contribution in [0.4, 0.5) is 0 Å². The van der Waals surface area contributed by atoms with E-state index in [0.29, 0.717) is 0 Å². The molecule has 7 aromatic carbocycles. The summed E-state index contributed by atoms with van der Waals surface area (Å²) in [6.07, 6.45) is 0. The van der Waals surface area contributed by atoms with Crippen LogP contribution < -0.4 is 126 Å². The Labute approximate surface area is 488 Å². The molecule has 0 nitrogen and oxygen atoms in total. The van der Waals surface area contributed by atoms with Gasteiger partial charge in [0.15, 0.2) is 0 Å². The van der Waals surface area contributed by atoms with Gasteiger partial charge >= 0.3 is 0 Å². The van der Waals surface area contributed by atoms with Crippen molar-refractivity contribution in [2.75, 3.05) is 0 Å². The summed E-state index contributed by atoms with van der Waals surface area (Å²) in [7, 11) is 69.9. The lowest BCUT2D eigenvalue weighted by molar-refractivity contribution is 0.808. The van der Waals surface area contributed by atoms with Gasteiger partial charge in [0.1, 0.15) is 228 Å². The van der Waals surface area contributed by atoms with Gasteiger partial charge in [-0.15, -0.1) is 72.2 Å². The highest BCUT2D eigenvalue weighted by atomic mass is 14.6. The second kappa shape index (κ2) is 18.5. The molecule has 0 amide bonds. The first-order chi connectivity index (χ1) is 35.8. The zero-order valence-electron chi connectivity index (χ0n) is 53.3. The zero-order valence-corrected chi connectivity index (χ0v) is 53.3. The molecule has 340 valence electrons. The van der Waals surface area contributed by atoms with Crippen LogP contribution in [0.15, 0.2) is 45.0 Å². The monoisotopic (exact) mass is 957 g/mol. The lowest BCUT2D eigenvalue weighted by Crippen LogP contribution is -2.55. The van der Waals surface area contributed by atoms with Crippen LogP contribution >= 0.6 is 0 Å². The molecule has 0 aliphatic heterocycles. The highest BCUT2D eigenvalue weighted by Gasteiger charge is 2.58. The standard InChI is InChI=1S/C48H61B29/c1-2(49)20(50)34(64)16-12-19(37(67)46(76)44(74)30(12)60)48(47(16)77)17-3(11-18(48)36(66)45(75)43(73)29(11)59)4(24(54)35(17)65)13-22(52)15(33(63)38(68)32(13)62)14-21(51)5-6(23(53)31(14)61)8-10(28(58)42(72)40(70)26(8)56)9-7(5)25(55)39(69)41(71)27(9)57/h4H,1,49-77H2/b34-20-. The molecule has 0 heterocycles. The molecule has 0 fully saturated rings. The van der Waals surface area contributed by atoms with Gasteiger partial charge in [-0.2, -0.15) is 0 Å². The number of hydrogen-bond donors (Lipinski definition) is 0. The SMILES string of the molecule is BC(=C)/C(B)=C(/B)C1=C(B)C2(C3=C(c4c(B)c(B)c(B)c(B)c42)C(c2c(B)c(B)c(B)c(-c4c(B)c(B)c5c6c(B)c(B)c(B)c(B)c6c6c(B)c(B)c(B)c(B)c6c5c4B)c2B)C(B)=C3B)c2c(B)c(B)c(B)c(B)c21. The van der Waals surface area contributed by atoms with Gasteiger partial charge in [0, 0.05) is 5.92 Å². The summed E-state index contributed by atoms with van der Waals surface area (Å²) < 4.78 is 0. The van der Waals surface area contributed by atoms with Crippen molar-refractivity contribution in [2.45, 2.75) is 11.3 Å². The van der Waals surface area contributed by atoms with Crippen LogP contribution in [0.1, 0.15) is 33.7 Å². The molecule has 2 atom stereocenters. The fraction of sp³-hybridized carbons (Fsp3) is 0.0417. The summed E-state index contributed by atoms with van der Waals surface area (Å²) >= 11 is 0. The highest BCUT2D eigenvalue weighted by molar-refractivity contribution is 6.76. The lowest BCUT2D eigenvalue weighted by atomic mass is 9.51.